The molecule has 1 aromatic carbocycles. The summed E-state index contributed by atoms with van der Waals surface area (Å²) >= 11 is 0. The van der Waals surface area contributed by atoms with Crippen LogP contribution in [0.5, 0.6) is 0 Å². The summed E-state index contributed by atoms with van der Waals surface area (Å²) in [4.78, 5) is 24.0. The van der Waals surface area contributed by atoms with Gasteiger partial charge in [0.1, 0.15) is 0 Å². The molecule has 1 aliphatic carbocycles. The maximum atomic E-state index is 12.4. The standard InChI is InChI=1S/C18H22N4O2/c1-12-16(13(2)22(21-12)15-6-4-3-5-7-15)18(24)20-11-10-19-17(23)14-8-9-14/h3-7,14H,8-11H2,1-2H3,(H,19,23)(H,20,24). The first-order valence-electron chi connectivity index (χ1n) is 8.25. The first-order chi connectivity index (χ1) is 11.6. The molecule has 0 atom stereocenters. The van der Waals surface area contributed by atoms with E-state index in [2.05, 4.69) is 15.7 Å². The summed E-state index contributed by atoms with van der Waals surface area (Å²) in [7, 11) is 0. The molecule has 0 bridgehead atoms. The van der Waals surface area contributed by atoms with Crippen molar-refractivity contribution in [3.63, 3.8) is 0 Å². The molecule has 1 aliphatic rings. The lowest BCUT2D eigenvalue weighted by molar-refractivity contribution is -0.122. The molecule has 6 heteroatoms. The van der Waals surface area contributed by atoms with Crippen molar-refractivity contribution in [2.75, 3.05) is 13.1 Å². The number of carbonyl (C=O) groups is 2. The Balaban J connectivity index is 1.62. The van der Waals surface area contributed by atoms with Crippen molar-refractivity contribution in [3.05, 3.63) is 47.3 Å². The van der Waals surface area contributed by atoms with Gasteiger partial charge in [0, 0.05) is 19.0 Å². The molecule has 2 N–H and O–H groups in total. The summed E-state index contributed by atoms with van der Waals surface area (Å²) in [6.45, 7) is 4.58. The molecule has 1 heterocycles. The quantitative estimate of drug-likeness (QED) is 0.794. The predicted molar refractivity (Wildman–Crippen MR) is 91.1 cm³/mol. The van der Waals surface area contributed by atoms with Crippen molar-refractivity contribution in [1.82, 2.24) is 20.4 Å². The predicted octanol–water partition coefficient (Wildman–Crippen LogP) is 1.75. The van der Waals surface area contributed by atoms with Gasteiger partial charge in [-0.15, -0.1) is 0 Å². The van der Waals surface area contributed by atoms with Crippen LogP contribution in [0, 0.1) is 19.8 Å². The number of aryl methyl sites for hydroxylation is 1. The van der Waals surface area contributed by atoms with Crippen LogP contribution in [-0.2, 0) is 4.79 Å². The minimum absolute atomic E-state index is 0.0912. The molecule has 126 valence electrons. The molecule has 1 saturated carbocycles. The van der Waals surface area contributed by atoms with Gasteiger partial charge < -0.3 is 10.6 Å². The van der Waals surface area contributed by atoms with Crippen LogP contribution in [0.1, 0.15) is 34.6 Å². The Kier molecular flexibility index (Phi) is 4.64. The summed E-state index contributed by atoms with van der Waals surface area (Å²) in [5, 5.41) is 10.2. The van der Waals surface area contributed by atoms with Gasteiger partial charge in [0.25, 0.3) is 5.91 Å². The normalized spacial score (nSPS) is 13.6. The highest BCUT2D eigenvalue weighted by Crippen LogP contribution is 2.28. The lowest BCUT2D eigenvalue weighted by atomic mass is 10.2. The van der Waals surface area contributed by atoms with E-state index >= 15 is 0 Å². The number of para-hydroxylation sites is 1. The molecule has 24 heavy (non-hydrogen) atoms. The van der Waals surface area contributed by atoms with E-state index in [-0.39, 0.29) is 17.7 Å². The molecule has 0 radical (unpaired) electrons. The fourth-order valence-corrected chi connectivity index (χ4v) is 2.73. The van der Waals surface area contributed by atoms with Crippen molar-refractivity contribution >= 4 is 11.8 Å². The zero-order chi connectivity index (χ0) is 17.1. The van der Waals surface area contributed by atoms with Gasteiger partial charge in [-0.3, -0.25) is 9.59 Å². The largest absolute Gasteiger partial charge is 0.354 e. The van der Waals surface area contributed by atoms with Gasteiger partial charge >= 0.3 is 0 Å². The zero-order valence-electron chi connectivity index (χ0n) is 14.0. The maximum absolute atomic E-state index is 12.4. The Morgan fingerprint density at radius 2 is 1.79 bits per heavy atom. The molecule has 0 unspecified atom stereocenters. The van der Waals surface area contributed by atoms with E-state index in [0.717, 1.165) is 24.2 Å². The van der Waals surface area contributed by atoms with Crippen LogP contribution in [0.2, 0.25) is 0 Å². The van der Waals surface area contributed by atoms with Gasteiger partial charge in [-0.1, -0.05) is 18.2 Å². The first kappa shape index (κ1) is 16.2. The zero-order valence-corrected chi connectivity index (χ0v) is 14.0. The number of nitrogens with one attached hydrogen (secondary N) is 2. The second-order valence-corrected chi connectivity index (χ2v) is 6.11. The highest BCUT2D eigenvalue weighted by Gasteiger charge is 2.29. The molecule has 0 saturated heterocycles. The number of rotatable bonds is 6. The average Bonchev–Trinajstić information content (AvgIpc) is 3.38. The van der Waals surface area contributed by atoms with Crippen molar-refractivity contribution in [2.45, 2.75) is 26.7 Å². The molecule has 6 nitrogen and oxygen atoms in total. The fourth-order valence-electron chi connectivity index (χ4n) is 2.73. The molecule has 2 amide bonds. The Morgan fingerprint density at radius 3 is 2.46 bits per heavy atom. The van der Waals surface area contributed by atoms with E-state index < -0.39 is 0 Å². The third-order valence-electron chi connectivity index (χ3n) is 4.18. The summed E-state index contributed by atoms with van der Waals surface area (Å²) in [5.74, 6) is 0.121. The summed E-state index contributed by atoms with van der Waals surface area (Å²) in [5.41, 5.74) is 3.01. The summed E-state index contributed by atoms with van der Waals surface area (Å²) in [6, 6.07) is 9.73. The number of aromatic nitrogens is 2. The Hall–Kier alpha value is -2.63. The van der Waals surface area contributed by atoms with Gasteiger partial charge in [0.2, 0.25) is 5.91 Å². The van der Waals surface area contributed by atoms with Crippen LogP contribution in [0.15, 0.2) is 30.3 Å². The summed E-state index contributed by atoms with van der Waals surface area (Å²) in [6.07, 6.45) is 1.96. The SMILES string of the molecule is Cc1nn(-c2ccccc2)c(C)c1C(=O)NCCNC(=O)C1CC1. The van der Waals surface area contributed by atoms with E-state index in [4.69, 9.17) is 0 Å². The molecule has 1 fully saturated rings. The Morgan fingerprint density at radius 1 is 1.12 bits per heavy atom. The van der Waals surface area contributed by atoms with Gasteiger partial charge in [0.05, 0.1) is 22.6 Å². The monoisotopic (exact) mass is 326 g/mol. The molecule has 0 aliphatic heterocycles. The van der Waals surface area contributed by atoms with Gasteiger partial charge in [-0.2, -0.15) is 5.10 Å². The lowest BCUT2D eigenvalue weighted by Crippen LogP contribution is -2.35. The third-order valence-corrected chi connectivity index (χ3v) is 4.18. The Bertz CT molecular complexity index is 748. The molecule has 1 aromatic heterocycles. The molecule has 3 rings (SSSR count). The van der Waals surface area contributed by atoms with Crippen LogP contribution >= 0.6 is 0 Å². The van der Waals surface area contributed by atoms with E-state index in [1.54, 1.807) is 4.68 Å². The second kappa shape index (κ2) is 6.86. The van der Waals surface area contributed by atoms with Crippen molar-refractivity contribution in [3.8, 4) is 5.69 Å². The molecular formula is C18H22N4O2. The van der Waals surface area contributed by atoms with Crippen LogP contribution in [-0.4, -0.2) is 34.7 Å². The van der Waals surface area contributed by atoms with E-state index in [0.29, 0.717) is 24.3 Å². The van der Waals surface area contributed by atoms with Crippen LogP contribution in [0.25, 0.3) is 5.69 Å². The minimum Gasteiger partial charge on any atom is -0.354 e. The fraction of sp³-hybridized carbons (Fsp3) is 0.389. The van der Waals surface area contributed by atoms with Crippen molar-refractivity contribution in [1.29, 1.82) is 0 Å². The average molecular weight is 326 g/mol. The first-order valence-corrected chi connectivity index (χ1v) is 8.25. The number of nitrogens with zero attached hydrogens (tertiary/aromatic N) is 2. The van der Waals surface area contributed by atoms with E-state index in [1.807, 2.05) is 44.2 Å². The lowest BCUT2D eigenvalue weighted by Gasteiger charge is -2.08. The van der Waals surface area contributed by atoms with E-state index in [1.165, 1.54) is 0 Å². The van der Waals surface area contributed by atoms with Crippen molar-refractivity contribution in [2.24, 2.45) is 5.92 Å². The number of amides is 2. The summed E-state index contributed by atoms with van der Waals surface area (Å²) < 4.78 is 1.78. The smallest absolute Gasteiger partial charge is 0.255 e. The molecular weight excluding hydrogens is 304 g/mol. The number of benzene rings is 1. The third kappa shape index (κ3) is 3.48. The van der Waals surface area contributed by atoms with Gasteiger partial charge in [-0.25, -0.2) is 4.68 Å². The maximum Gasteiger partial charge on any atom is 0.255 e. The van der Waals surface area contributed by atoms with Crippen LogP contribution in [0.4, 0.5) is 0 Å². The second-order valence-electron chi connectivity index (χ2n) is 6.11. The van der Waals surface area contributed by atoms with Gasteiger partial charge in [-0.05, 0) is 38.8 Å². The highest BCUT2D eigenvalue weighted by atomic mass is 16.2. The van der Waals surface area contributed by atoms with Crippen molar-refractivity contribution < 1.29 is 9.59 Å². The molecule has 2 aromatic rings. The Labute approximate surface area is 141 Å². The topological polar surface area (TPSA) is 76.0 Å². The number of hydrogen-bond donors (Lipinski definition) is 2. The van der Waals surface area contributed by atoms with Crippen LogP contribution < -0.4 is 10.6 Å². The van der Waals surface area contributed by atoms with Crippen LogP contribution in [0.3, 0.4) is 0 Å². The van der Waals surface area contributed by atoms with Gasteiger partial charge in [0.15, 0.2) is 0 Å². The van der Waals surface area contributed by atoms with E-state index in [9.17, 15) is 9.59 Å². The molecule has 0 spiro atoms. The number of carbonyl (C=O) groups excluding carboxylic acids is 2. The highest BCUT2D eigenvalue weighted by molar-refractivity contribution is 5.96. The number of hydrogen-bond acceptors (Lipinski definition) is 3. The minimum atomic E-state index is -0.159.